The lowest BCUT2D eigenvalue weighted by atomic mass is 9.82. The van der Waals surface area contributed by atoms with Gasteiger partial charge in [-0.05, 0) is 150 Å². The molecule has 1 aliphatic carbocycles. The summed E-state index contributed by atoms with van der Waals surface area (Å²) in [5.41, 5.74) is 31.2. The predicted molar refractivity (Wildman–Crippen MR) is 581 cm³/mol. The molecule has 0 saturated heterocycles. The Morgan fingerprint density at radius 1 is 0.248 bits per heavy atom. The van der Waals surface area contributed by atoms with Crippen molar-refractivity contribution in [2.45, 2.75) is 58.5 Å². The second kappa shape index (κ2) is 30.3. The summed E-state index contributed by atoms with van der Waals surface area (Å²) in [6, 6.07) is 142. The van der Waals surface area contributed by atoms with Gasteiger partial charge in [-0.3, -0.25) is 4.57 Å². The zero-order valence-electron chi connectivity index (χ0n) is 76.9. The number of aromatic nitrogens is 9. The summed E-state index contributed by atoms with van der Waals surface area (Å²) >= 11 is 1.88. The Labute approximate surface area is 798 Å². The third-order valence-electron chi connectivity index (χ3n) is 30.0. The molecule has 0 radical (unpaired) electrons. The van der Waals surface area contributed by atoms with Gasteiger partial charge < -0.3 is 13.6 Å². The molecule has 0 atom stereocenters. The lowest BCUT2D eigenvalue weighted by Crippen LogP contribution is -2.51. The minimum absolute atomic E-state index is 0.0590. The summed E-state index contributed by atoms with van der Waals surface area (Å²) in [6.07, 6.45) is 0. The van der Waals surface area contributed by atoms with Gasteiger partial charge in [-0.1, -0.05) is 363 Å². The van der Waals surface area contributed by atoms with E-state index in [1.165, 1.54) is 156 Å². The van der Waals surface area contributed by atoms with Gasteiger partial charge in [0.05, 0.1) is 61.6 Å². The highest BCUT2D eigenvalue weighted by Gasteiger charge is 2.47. The van der Waals surface area contributed by atoms with E-state index in [-0.39, 0.29) is 5.41 Å². The minimum atomic E-state index is -2.13. The van der Waals surface area contributed by atoms with E-state index in [4.69, 9.17) is 34.3 Å². The molecule has 3 aliphatic heterocycles. The van der Waals surface area contributed by atoms with E-state index < -0.39 is 24.2 Å². The molecule has 11 heterocycles. The molecule has 29 rings (SSSR count). The molecule has 10 nitrogen and oxygen atoms in total. The van der Waals surface area contributed by atoms with E-state index >= 15 is 0 Å². The van der Waals surface area contributed by atoms with E-state index in [9.17, 15) is 0 Å². The standard InChI is InChI=1S/C42H29N3OSi.C42H29N3SSi.C39H31N3Si/c2*1-47(2)36-19-11-8-16-31(36)40-41(47)39(43-42(44-40)27-12-4-3-5-13-27)26-20-22-28(23-21-26)45-32-17-9-6-14-29(32)37-33(45)24-25-35-38(37)30-15-7-10-18-34(30)46-35;1-39(2)28-19-11-8-16-25(28)33-29(39)22-23-31-34(33)26-17-9-12-20-30(26)42(31)38-36-35(27-18-10-13-21-32(27)43(36,3)4)40-37(41-38)24-14-6-5-7-15-24/h2*3-25H,1-2H3;5-23H,1-4H3. The number of rotatable bonds is 8. The Morgan fingerprint density at radius 3 is 1.15 bits per heavy atom. The molecule has 25 aromatic rings. The molecular formula is C123H89N9OSSi3. The topological polar surface area (TPSA) is 105 Å². The zero-order chi connectivity index (χ0) is 91.6. The van der Waals surface area contributed by atoms with Gasteiger partial charge in [-0.15, -0.1) is 11.3 Å². The Kier molecular flexibility index (Phi) is 17.8. The number of benzene rings is 17. The number of para-hydroxylation sites is 4. The average molecular weight is 1830 g/mol. The second-order valence-corrected chi connectivity index (χ2v) is 53.0. The molecule has 137 heavy (non-hydrogen) atoms. The molecular weight excluding hydrogens is 1740 g/mol. The summed E-state index contributed by atoms with van der Waals surface area (Å²) in [4.78, 5) is 31.9. The van der Waals surface area contributed by atoms with Crippen molar-refractivity contribution in [3.63, 3.8) is 0 Å². The van der Waals surface area contributed by atoms with Crippen molar-refractivity contribution in [3.05, 3.63) is 405 Å². The number of hydrogen-bond donors (Lipinski definition) is 0. The van der Waals surface area contributed by atoms with Gasteiger partial charge in [-0.2, -0.15) is 0 Å². The molecule has 8 aromatic heterocycles. The third kappa shape index (κ3) is 12.0. The SMILES string of the molecule is CC1(C)c2ccccc2-c2c1ccc1c2c2ccccc2n1-c1nc(-c2ccccc2)nc2c1[Si](C)(C)c1ccccc1-2.C[Si]1(C)c2ccccc2-c2nc(-c3ccccc3)nc(-c3ccc(-n4c5ccccc5c5c6c(ccc54)oc4ccccc46)cc3)c21.C[Si]1(C)c2ccccc2-c2nc(-c3ccccc3)nc(-c3ccc(-n4c5ccccc5c5c6c(ccc54)sc4ccccc46)cc3)c21. The Bertz CT molecular complexity index is 9040. The highest BCUT2D eigenvalue weighted by Crippen LogP contribution is 2.55. The van der Waals surface area contributed by atoms with Crippen LogP contribution in [0.2, 0.25) is 39.3 Å². The molecule has 14 heteroatoms. The molecule has 17 aromatic carbocycles. The summed E-state index contributed by atoms with van der Waals surface area (Å²) in [6.45, 7) is 19.4. The van der Waals surface area contributed by atoms with Crippen molar-refractivity contribution in [2.75, 3.05) is 0 Å². The average Bonchev–Trinajstić information content (AvgIpc) is 1.48. The van der Waals surface area contributed by atoms with Gasteiger partial charge in [0.25, 0.3) is 0 Å². The van der Waals surface area contributed by atoms with Crippen LogP contribution in [0.25, 0.3) is 226 Å². The number of thiophene rings is 1. The number of hydrogen-bond acceptors (Lipinski definition) is 8. The van der Waals surface area contributed by atoms with Crippen molar-refractivity contribution >= 4 is 174 Å². The largest absolute Gasteiger partial charge is 0.456 e. The highest BCUT2D eigenvalue weighted by molar-refractivity contribution is 7.26. The minimum Gasteiger partial charge on any atom is -0.456 e. The lowest BCUT2D eigenvalue weighted by Gasteiger charge is -2.23. The summed E-state index contributed by atoms with van der Waals surface area (Å²) in [5, 5.41) is 20.9. The van der Waals surface area contributed by atoms with E-state index in [1.807, 2.05) is 29.5 Å². The van der Waals surface area contributed by atoms with Gasteiger partial charge in [-0.25, -0.2) is 29.9 Å². The molecule has 0 spiro atoms. The molecule has 0 amide bonds. The fraction of sp³-hybridized carbons (Fsp3) is 0.0732. The number of fused-ring (bicyclic) bond motifs is 30. The van der Waals surface area contributed by atoms with Crippen LogP contribution >= 0.6 is 11.3 Å². The van der Waals surface area contributed by atoms with E-state index in [1.54, 1.807) is 0 Å². The van der Waals surface area contributed by atoms with Gasteiger partial charge in [0.1, 0.15) is 41.2 Å². The second-order valence-electron chi connectivity index (χ2n) is 39.0. The molecule has 650 valence electrons. The zero-order valence-corrected chi connectivity index (χ0v) is 80.7. The Balaban J connectivity index is 0.000000104. The normalized spacial score (nSPS) is 14.1. The Morgan fingerprint density at radius 2 is 0.628 bits per heavy atom. The van der Waals surface area contributed by atoms with Gasteiger partial charge in [0.2, 0.25) is 0 Å². The quantitative estimate of drug-likeness (QED) is 0.140. The monoisotopic (exact) mass is 1820 g/mol. The first-order valence-corrected chi connectivity index (χ1v) is 57.1. The first kappa shape index (κ1) is 80.7. The maximum atomic E-state index is 6.29. The van der Waals surface area contributed by atoms with Gasteiger partial charge in [0, 0.05) is 113 Å². The molecule has 0 saturated carbocycles. The maximum Gasteiger partial charge on any atom is 0.162 e. The predicted octanol–water partition coefficient (Wildman–Crippen LogP) is 28.0. The first-order valence-electron chi connectivity index (χ1n) is 47.3. The molecule has 0 unspecified atom stereocenters. The van der Waals surface area contributed by atoms with Crippen LogP contribution in [0.3, 0.4) is 0 Å². The lowest BCUT2D eigenvalue weighted by molar-refractivity contribution is 0.661. The van der Waals surface area contributed by atoms with Gasteiger partial charge in [0.15, 0.2) is 17.5 Å². The third-order valence-corrected chi connectivity index (χ3v) is 41.6. The van der Waals surface area contributed by atoms with Crippen LogP contribution in [0, 0.1) is 0 Å². The fourth-order valence-electron chi connectivity index (χ4n) is 23.7. The van der Waals surface area contributed by atoms with E-state index in [0.717, 1.165) is 113 Å². The van der Waals surface area contributed by atoms with Crippen LogP contribution in [-0.4, -0.2) is 67.8 Å². The molecule has 4 aliphatic rings. The molecule has 0 bridgehead atoms. The van der Waals surface area contributed by atoms with E-state index in [0.29, 0.717) is 0 Å². The van der Waals surface area contributed by atoms with Crippen LogP contribution in [0.5, 0.6) is 0 Å². The smallest absolute Gasteiger partial charge is 0.162 e. The van der Waals surface area contributed by atoms with Crippen LogP contribution in [-0.2, 0) is 5.41 Å². The van der Waals surface area contributed by atoms with Crippen molar-refractivity contribution in [3.8, 4) is 119 Å². The van der Waals surface area contributed by atoms with Crippen LogP contribution in [0.4, 0.5) is 0 Å². The Hall–Kier alpha value is -15.9. The van der Waals surface area contributed by atoms with Crippen molar-refractivity contribution in [2.24, 2.45) is 0 Å². The van der Waals surface area contributed by atoms with E-state index in [2.05, 4.69) is 443 Å². The number of furan rings is 1. The van der Waals surface area contributed by atoms with Crippen LogP contribution in [0.1, 0.15) is 25.0 Å². The van der Waals surface area contributed by atoms with Crippen molar-refractivity contribution in [1.29, 1.82) is 0 Å². The van der Waals surface area contributed by atoms with Crippen LogP contribution < -0.4 is 31.1 Å². The fourth-order valence-corrected chi connectivity index (χ4v) is 34.4. The summed E-state index contributed by atoms with van der Waals surface area (Å²) in [7, 11) is -6.22. The maximum absolute atomic E-state index is 6.29. The van der Waals surface area contributed by atoms with Gasteiger partial charge >= 0.3 is 0 Å². The van der Waals surface area contributed by atoms with Crippen molar-refractivity contribution < 1.29 is 4.42 Å². The first-order chi connectivity index (χ1) is 67.0. The molecule has 0 N–H and O–H groups in total. The van der Waals surface area contributed by atoms with Crippen LogP contribution in [0.15, 0.2) is 399 Å². The molecule has 0 fully saturated rings. The summed E-state index contributed by atoms with van der Waals surface area (Å²) < 4.78 is 16.2. The van der Waals surface area contributed by atoms with Crippen molar-refractivity contribution in [1.82, 2.24) is 43.6 Å². The highest BCUT2D eigenvalue weighted by atomic mass is 32.1. The summed E-state index contributed by atoms with van der Waals surface area (Å²) in [5.74, 6) is 3.34. The number of nitrogens with zero attached hydrogens (tertiary/aromatic N) is 9.